The molecule has 2 N–H and O–H groups in total. The Morgan fingerprint density at radius 1 is 1.14 bits per heavy atom. The molecule has 1 heterocycles. The molecule has 3 aromatic rings. The Morgan fingerprint density at radius 3 is 2.64 bits per heavy atom. The van der Waals surface area contributed by atoms with Gasteiger partial charge < -0.3 is 5.11 Å². The smallest absolute Gasteiger partial charge is 0.294 e. The Hall–Kier alpha value is -2.36. The van der Waals surface area contributed by atoms with Crippen LogP contribution in [-0.4, -0.2) is 23.1 Å². The van der Waals surface area contributed by atoms with Crippen molar-refractivity contribution >= 4 is 43.0 Å². The van der Waals surface area contributed by atoms with Crippen LogP contribution >= 0.6 is 11.3 Å². The highest BCUT2D eigenvalue weighted by Gasteiger charge is 2.12. The monoisotopic (exact) mass is 335 g/mol. The van der Waals surface area contributed by atoms with E-state index in [1.165, 1.54) is 35.6 Å². The summed E-state index contributed by atoms with van der Waals surface area (Å²) in [5.74, 6) is -0.125. The minimum Gasteiger partial charge on any atom is -0.505 e. The maximum Gasteiger partial charge on any atom is 0.294 e. The lowest BCUT2D eigenvalue weighted by Gasteiger charge is -2.05. The average Bonchev–Trinajstić information content (AvgIpc) is 2.98. The molecule has 0 amide bonds. The molecule has 0 atom stereocenters. The zero-order valence-electron chi connectivity index (χ0n) is 10.9. The number of fused-ring (bicyclic) bond motifs is 1. The molecule has 1 aromatic heterocycles. The van der Waals surface area contributed by atoms with Gasteiger partial charge in [-0.2, -0.15) is 8.42 Å². The van der Waals surface area contributed by atoms with Crippen molar-refractivity contribution in [3.05, 3.63) is 41.9 Å². The number of aromatic nitrogens is 1. The zero-order chi connectivity index (χ0) is 15.7. The van der Waals surface area contributed by atoms with Crippen molar-refractivity contribution in [3.8, 4) is 5.75 Å². The first-order valence-corrected chi connectivity index (χ1v) is 8.31. The maximum atomic E-state index is 11.1. The third-order valence-corrected chi connectivity index (χ3v) is 4.41. The molecule has 0 aliphatic carbocycles. The molecule has 0 saturated carbocycles. The lowest BCUT2D eigenvalue weighted by Crippen LogP contribution is -1.97. The number of benzene rings is 2. The summed E-state index contributed by atoms with van der Waals surface area (Å²) in [5, 5.41) is 21.1. The van der Waals surface area contributed by atoms with Gasteiger partial charge in [-0.3, -0.25) is 4.55 Å². The summed E-state index contributed by atoms with van der Waals surface area (Å²) in [4.78, 5) is 3.70. The van der Waals surface area contributed by atoms with Gasteiger partial charge >= 0.3 is 0 Å². The highest BCUT2D eigenvalue weighted by Crippen LogP contribution is 2.36. The predicted molar refractivity (Wildman–Crippen MR) is 81.7 cm³/mol. The number of rotatable bonds is 3. The van der Waals surface area contributed by atoms with Gasteiger partial charge in [0, 0.05) is 17.0 Å². The van der Waals surface area contributed by atoms with E-state index in [4.69, 9.17) is 4.55 Å². The third kappa shape index (κ3) is 2.82. The molecule has 0 aliphatic rings. The summed E-state index contributed by atoms with van der Waals surface area (Å²) < 4.78 is 31.3. The summed E-state index contributed by atoms with van der Waals surface area (Å²) in [5.41, 5.74) is 0.238. The fraction of sp³-hybridized carbons (Fsp3) is 0. The number of hydrogen-bond donors (Lipinski definition) is 2. The van der Waals surface area contributed by atoms with Gasteiger partial charge in [0.2, 0.25) is 5.13 Å². The van der Waals surface area contributed by atoms with E-state index in [-0.39, 0.29) is 16.3 Å². The Kier molecular flexibility index (Phi) is 3.61. The van der Waals surface area contributed by atoms with E-state index in [1.54, 1.807) is 17.6 Å². The van der Waals surface area contributed by atoms with Crippen molar-refractivity contribution in [1.82, 2.24) is 4.98 Å². The van der Waals surface area contributed by atoms with Crippen molar-refractivity contribution in [3.63, 3.8) is 0 Å². The quantitative estimate of drug-likeness (QED) is 0.560. The summed E-state index contributed by atoms with van der Waals surface area (Å²) in [6.07, 6.45) is 1.59. The highest BCUT2D eigenvalue weighted by atomic mass is 32.2. The second-order valence-electron chi connectivity index (χ2n) is 4.31. The molecule has 9 heteroatoms. The third-order valence-electron chi connectivity index (χ3n) is 2.90. The van der Waals surface area contributed by atoms with Crippen LogP contribution in [0.25, 0.3) is 10.8 Å². The van der Waals surface area contributed by atoms with Gasteiger partial charge in [-0.25, -0.2) is 4.98 Å². The Morgan fingerprint density at radius 2 is 1.95 bits per heavy atom. The Balaban J connectivity index is 2.07. The minimum atomic E-state index is -4.29. The highest BCUT2D eigenvalue weighted by molar-refractivity contribution is 7.85. The number of thiazole rings is 1. The predicted octanol–water partition coefficient (Wildman–Crippen LogP) is 3.66. The lowest BCUT2D eigenvalue weighted by molar-refractivity contribution is 0.480. The fourth-order valence-electron chi connectivity index (χ4n) is 1.88. The van der Waals surface area contributed by atoms with Crippen molar-refractivity contribution in [1.29, 1.82) is 0 Å². The molecule has 0 fully saturated rings. The Labute approximate surface area is 129 Å². The van der Waals surface area contributed by atoms with Crippen molar-refractivity contribution in [2.24, 2.45) is 10.2 Å². The van der Waals surface area contributed by atoms with Crippen LogP contribution in [0.1, 0.15) is 0 Å². The van der Waals surface area contributed by atoms with Crippen LogP contribution in [0.5, 0.6) is 5.75 Å². The standard InChI is InChI=1S/C13H9N3O4S2/c17-12-10-3-2-9(22(18,19)20)7-8(10)1-4-11(12)15-16-13-14-5-6-21-13/h1-7,17H,(H,18,19,20). The van der Waals surface area contributed by atoms with Gasteiger partial charge in [0.15, 0.2) is 5.75 Å². The molecule has 0 unspecified atom stereocenters. The van der Waals surface area contributed by atoms with Crippen LogP contribution in [0.15, 0.2) is 57.0 Å². The van der Waals surface area contributed by atoms with Gasteiger partial charge in [-0.05, 0) is 29.7 Å². The number of azo groups is 1. The SMILES string of the molecule is O=S(=O)(O)c1ccc2c(O)c(N=Nc3nccs3)ccc2c1. The molecule has 0 radical (unpaired) electrons. The molecule has 0 bridgehead atoms. The van der Waals surface area contributed by atoms with Crippen LogP contribution < -0.4 is 0 Å². The second-order valence-corrected chi connectivity index (χ2v) is 6.60. The number of phenols is 1. The molecular formula is C13H9N3O4S2. The molecule has 3 rings (SSSR count). The van der Waals surface area contributed by atoms with E-state index in [0.717, 1.165) is 0 Å². The first-order chi connectivity index (χ1) is 10.4. The van der Waals surface area contributed by atoms with Crippen LogP contribution in [0.4, 0.5) is 10.8 Å². The Bertz CT molecular complexity index is 966. The molecule has 0 aliphatic heterocycles. The van der Waals surface area contributed by atoms with Gasteiger partial charge in [-0.15, -0.1) is 21.6 Å². The minimum absolute atomic E-state index is 0.125. The fourth-order valence-corrected chi connectivity index (χ4v) is 2.85. The molecule has 0 spiro atoms. The van der Waals surface area contributed by atoms with Crippen molar-refractivity contribution in [2.45, 2.75) is 4.90 Å². The van der Waals surface area contributed by atoms with Crippen LogP contribution in [0.2, 0.25) is 0 Å². The summed E-state index contributed by atoms with van der Waals surface area (Å²) in [6, 6.07) is 6.96. The van der Waals surface area contributed by atoms with Gasteiger partial charge in [0.05, 0.1) is 4.90 Å². The number of phenolic OH excluding ortho intramolecular Hbond substituents is 1. The molecule has 7 nitrogen and oxygen atoms in total. The molecule has 2 aromatic carbocycles. The number of aromatic hydroxyl groups is 1. The van der Waals surface area contributed by atoms with E-state index < -0.39 is 10.1 Å². The van der Waals surface area contributed by atoms with Crippen molar-refractivity contribution in [2.75, 3.05) is 0 Å². The first kappa shape index (κ1) is 14.6. The summed E-state index contributed by atoms with van der Waals surface area (Å²) in [7, 11) is -4.29. The lowest BCUT2D eigenvalue weighted by atomic mass is 10.1. The number of hydrogen-bond acceptors (Lipinski definition) is 7. The van der Waals surface area contributed by atoms with Crippen LogP contribution in [0, 0.1) is 0 Å². The normalized spacial score (nSPS) is 12.2. The second kappa shape index (κ2) is 5.44. The molecular weight excluding hydrogens is 326 g/mol. The van der Waals surface area contributed by atoms with E-state index in [0.29, 0.717) is 15.9 Å². The van der Waals surface area contributed by atoms with Gasteiger partial charge in [-0.1, -0.05) is 6.07 Å². The topological polar surface area (TPSA) is 112 Å². The van der Waals surface area contributed by atoms with E-state index in [1.807, 2.05) is 0 Å². The van der Waals surface area contributed by atoms with Crippen molar-refractivity contribution < 1.29 is 18.1 Å². The van der Waals surface area contributed by atoms with Crippen LogP contribution in [-0.2, 0) is 10.1 Å². The summed E-state index contributed by atoms with van der Waals surface area (Å²) in [6.45, 7) is 0. The molecule has 112 valence electrons. The van der Waals surface area contributed by atoms with E-state index >= 15 is 0 Å². The van der Waals surface area contributed by atoms with Gasteiger partial charge in [0.1, 0.15) is 5.69 Å². The van der Waals surface area contributed by atoms with E-state index in [2.05, 4.69) is 15.2 Å². The molecule has 22 heavy (non-hydrogen) atoms. The largest absolute Gasteiger partial charge is 0.505 e. The van der Waals surface area contributed by atoms with Crippen LogP contribution in [0.3, 0.4) is 0 Å². The first-order valence-electron chi connectivity index (χ1n) is 5.99. The van der Waals surface area contributed by atoms with Gasteiger partial charge in [0.25, 0.3) is 10.1 Å². The van der Waals surface area contributed by atoms with E-state index in [9.17, 15) is 13.5 Å². The maximum absolute atomic E-state index is 11.1. The number of nitrogens with zero attached hydrogens (tertiary/aromatic N) is 3. The zero-order valence-corrected chi connectivity index (χ0v) is 12.5. The summed E-state index contributed by atoms with van der Waals surface area (Å²) >= 11 is 1.31. The molecule has 0 saturated heterocycles. The average molecular weight is 335 g/mol.